The Morgan fingerprint density at radius 1 is 1.44 bits per heavy atom. The summed E-state index contributed by atoms with van der Waals surface area (Å²) >= 11 is 5.77. The highest BCUT2D eigenvalue weighted by Gasteiger charge is 2.31. The number of nitrogens with one attached hydrogen (secondary N) is 1. The Kier molecular flexibility index (Phi) is 3.76. The van der Waals surface area contributed by atoms with E-state index in [1.807, 2.05) is 0 Å². The van der Waals surface area contributed by atoms with Crippen LogP contribution in [0.5, 0.6) is 0 Å². The molecule has 5 heteroatoms. The van der Waals surface area contributed by atoms with Crippen LogP contribution in [-0.2, 0) is 0 Å². The van der Waals surface area contributed by atoms with Crippen molar-refractivity contribution in [3.05, 3.63) is 33.3 Å². The topological polar surface area (TPSA) is 55.2 Å². The minimum Gasteiger partial charge on any atom is -0.382 e. The van der Waals surface area contributed by atoms with Crippen molar-refractivity contribution in [1.29, 1.82) is 0 Å². The molecule has 0 aromatic heterocycles. The summed E-state index contributed by atoms with van der Waals surface area (Å²) in [5.41, 5.74) is 0.736. The number of nitrogens with zero attached hydrogens (tertiary/aromatic N) is 1. The van der Waals surface area contributed by atoms with E-state index < -0.39 is 4.92 Å². The van der Waals surface area contributed by atoms with E-state index in [9.17, 15) is 10.1 Å². The third-order valence-corrected chi connectivity index (χ3v) is 3.95. The lowest BCUT2D eigenvalue weighted by molar-refractivity contribution is -0.384. The molecule has 0 radical (unpaired) electrons. The first-order chi connectivity index (χ1) is 8.47. The molecule has 0 saturated heterocycles. The highest BCUT2D eigenvalue weighted by atomic mass is 35.5. The predicted molar refractivity (Wildman–Crippen MR) is 73.1 cm³/mol. The molecule has 0 amide bonds. The molecule has 0 heterocycles. The van der Waals surface area contributed by atoms with Gasteiger partial charge in [-0.05, 0) is 36.8 Å². The average Bonchev–Trinajstić information content (AvgIpc) is 2.23. The molecular weight excluding hydrogens is 252 g/mol. The summed E-state index contributed by atoms with van der Waals surface area (Å²) in [7, 11) is 0. The van der Waals surface area contributed by atoms with Gasteiger partial charge in [-0.1, -0.05) is 25.4 Å². The molecule has 1 fully saturated rings. The average molecular weight is 269 g/mol. The Morgan fingerprint density at radius 3 is 2.67 bits per heavy atom. The molecule has 1 aromatic carbocycles. The predicted octanol–water partition coefficient (Wildman–Crippen LogP) is 4.09. The molecule has 4 nitrogen and oxygen atoms in total. The van der Waals surface area contributed by atoms with Crippen LogP contribution in [0.25, 0.3) is 0 Å². The standard InChI is InChI=1S/C13H17ClN2O2/c1-8(2)9-5-11(6-9)15-10-3-4-12(14)13(7-10)16(17)18/h3-4,7-9,11,15H,5-6H2,1-2H3. The van der Waals surface area contributed by atoms with E-state index in [4.69, 9.17) is 11.6 Å². The van der Waals surface area contributed by atoms with Crippen LogP contribution in [-0.4, -0.2) is 11.0 Å². The van der Waals surface area contributed by atoms with Crippen LogP contribution in [0.1, 0.15) is 26.7 Å². The summed E-state index contributed by atoms with van der Waals surface area (Å²) in [6.45, 7) is 4.46. The number of rotatable bonds is 4. The SMILES string of the molecule is CC(C)C1CC(Nc2ccc(Cl)c([N+](=O)[O-])c2)C1. The van der Waals surface area contributed by atoms with Gasteiger partial charge in [0.25, 0.3) is 5.69 Å². The van der Waals surface area contributed by atoms with Crippen molar-refractivity contribution in [3.8, 4) is 0 Å². The van der Waals surface area contributed by atoms with Gasteiger partial charge in [-0.25, -0.2) is 0 Å². The molecule has 1 N–H and O–H groups in total. The third-order valence-electron chi connectivity index (χ3n) is 3.63. The molecule has 0 aliphatic heterocycles. The van der Waals surface area contributed by atoms with Crippen LogP contribution >= 0.6 is 11.6 Å². The quantitative estimate of drug-likeness (QED) is 0.661. The molecule has 98 valence electrons. The van der Waals surface area contributed by atoms with Crippen molar-refractivity contribution in [2.24, 2.45) is 11.8 Å². The summed E-state index contributed by atoms with van der Waals surface area (Å²) < 4.78 is 0. The van der Waals surface area contributed by atoms with E-state index in [0.717, 1.165) is 24.4 Å². The highest BCUT2D eigenvalue weighted by molar-refractivity contribution is 6.32. The molecule has 1 aromatic rings. The van der Waals surface area contributed by atoms with Crippen molar-refractivity contribution >= 4 is 23.0 Å². The normalized spacial score (nSPS) is 22.7. The minimum atomic E-state index is -0.453. The zero-order valence-electron chi connectivity index (χ0n) is 10.5. The Bertz CT molecular complexity index is 456. The van der Waals surface area contributed by atoms with Gasteiger partial charge in [0, 0.05) is 17.8 Å². The van der Waals surface area contributed by atoms with Gasteiger partial charge >= 0.3 is 0 Å². The van der Waals surface area contributed by atoms with E-state index in [1.54, 1.807) is 12.1 Å². The van der Waals surface area contributed by atoms with Crippen molar-refractivity contribution in [3.63, 3.8) is 0 Å². The van der Waals surface area contributed by atoms with Crippen LogP contribution in [0, 0.1) is 22.0 Å². The largest absolute Gasteiger partial charge is 0.382 e. The summed E-state index contributed by atoms with van der Waals surface area (Å²) in [6, 6.07) is 5.29. The Balaban J connectivity index is 1.99. The van der Waals surface area contributed by atoms with Crippen molar-refractivity contribution in [2.75, 3.05) is 5.32 Å². The molecule has 18 heavy (non-hydrogen) atoms. The molecule has 2 rings (SSSR count). The second-order valence-corrected chi connectivity index (χ2v) is 5.65. The van der Waals surface area contributed by atoms with Gasteiger partial charge < -0.3 is 5.32 Å². The van der Waals surface area contributed by atoms with Crippen LogP contribution in [0.15, 0.2) is 18.2 Å². The lowest BCUT2D eigenvalue weighted by Gasteiger charge is -2.39. The first-order valence-electron chi connectivity index (χ1n) is 6.18. The van der Waals surface area contributed by atoms with Gasteiger partial charge in [0.15, 0.2) is 0 Å². The van der Waals surface area contributed by atoms with Crippen molar-refractivity contribution < 1.29 is 4.92 Å². The fourth-order valence-corrected chi connectivity index (χ4v) is 2.49. The van der Waals surface area contributed by atoms with E-state index in [2.05, 4.69) is 19.2 Å². The second kappa shape index (κ2) is 5.14. The Hall–Kier alpha value is -1.29. The molecule has 0 spiro atoms. The fraction of sp³-hybridized carbons (Fsp3) is 0.538. The molecule has 0 atom stereocenters. The van der Waals surface area contributed by atoms with Crippen LogP contribution in [0.3, 0.4) is 0 Å². The Morgan fingerprint density at radius 2 is 2.11 bits per heavy atom. The number of benzene rings is 1. The summed E-state index contributed by atoms with van der Waals surface area (Å²) in [5.74, 6) is 1.48. The second-order valence-electron chi connectivity index (χ2n) is 5.24. The molecule has 0 bridgehead atoms. The first-order valence-corrected chi connectivity index (χ1v) is 6.55. The lowest BCUT2D eigenvalue weighted by atomic mass is 9.73. The van der Waals surface area contributed by atoms with Gasteiger partial charge in [-0.3, -0.25) is 10.1 Å². The molecule has 1 aliphatic rings. The molecule has 0 unspecified atom stereocenters. The molecular formula is C13H17ClN2O2. The number of nitro benzene ring substituents is 1. The van der Waals surface area contributed by atoms with E-state index in [0.29, 0.717) is 12.0 Å². The van der Waals surface area contributed by atoms with Crippen LogP contribution in [0.4, 0.5) is 11.4 Å². The van der Waals surface area contributed by atoms with Gasteiger partial charge in [0.2, 0.25) is 0 Å². The van der Waals surface area contributed by atoms with Gasteiger partial charge in [-0.15, -0.1) is 0 Å². The van der Waals surface area contributed by atoms with Gasteiger partial charge in [0.1, 0.15) is 5.02 Å². The maximum Gasteiger partial charge on any atom is 0.289 e. The third kappa shape index (κ3) is 2.75. The van der Waals surface area contributed by atoms with E-state index >= 15 is 0 Å². The number of hydrogen-bond donors (Lipinski definition) is 1. The smallest absolute Gasteiger partial charge is 0.289 e. The zero-order chi connectivity index (χ0) is 13.3. The molecule has 1 saturated carbocycles. The van der Waals surface area contributed by atoms with E-state index in [1.165, 1.54) is 6.07 Å². The maximum atomic E-state index is 10.8. The number of nitro groups is 1. The summed E-state index contributed by atoms with van der Waals surface area (Å²) in [5, 5.41) is 14.3. The fourth-order valence-electron chi connectivity index (χ4n) is 2.30. The monoisotopic (exact) mass is 268 g/mol. The number of halogens is 1. The first kappa shape index (κ1) is 13.1. The van der Waals surface area contributed by atoms with Crippen LogP contribution in [0.2, 0.25) is 5.02 Å². The highest BCUT2D eigenvalue weighted by Crippen LogP contribution is 2.36. The number of hydrogen-bond acceptors (Lipinski definition) is 3. The van der Waals surface area contributed by atoms with Crippen LogP contribution < -0.4 is 5.32 Å². The summed E-state index contributed by atoms with van der Waals surface area (Å²) in [6.07, 6.45) is 2.27. The van der Waals surface area contributed by atoms with Gasteiger partial charge in [-0.2, -0.15) is 0 Å². The summed E-state index contributed by atoms with van der Waals surface area (Å²) in [4.78, 5) is 10.3. The number of anilines is 1. The zero-order valence-corrected chi connectivity index (χ0v) is 11.3. The lowest BCUT2D eigenvalue weighted by Crippen LogP contribution is -2.37. The minimum absolute atomic E-state index is 0.0404. The van der Waals surface area contributed by atoms with E-state index in [-0.39, 0.29) is 10.7 Å². The van der Waals surface area contributed by atoms with Crippen molar-refractivity contribution in [2.45, 2.75) is 32.7 Å². The van der Waals surface area contributed by atoms with Crippen molar-refractivity contribution in [1.82, 2.24) is 0 Å². The Labute approximate surface area is 111 Å². The molecule has 1 aliphatic carbocycles. The van der Waals surface area contributed by atoms with Gasteiger partial charge in [0.05, 0.1) is 4.92 Å². The maximum absolute atomic E-state index is 10.8.